The highest BCUT2D eigenvalue weighted by molar-refractivity contribution is 5.97. The molecule has 114 valence electrons. The summed E-state index contributed by atoms with van der Waals surface area (Å²) in [6.45, 7) is 0. The van der Waals surface area contributed by atoms with Crippen molar-refractivity contribution in [2.24, 2.45) is 0 Å². The number of nitro groups is 1. The maximum Gasteiger partial charge on any atom is 0.315 e. The molecule has 8 nitrogen and oxygen atoms in total. The maximum atomic E-state index is 12.0. The van der Waals surface area contributed by atoms with Gasteiger partial charge in [0.1, 0.15) is 0 Å². The number of hydrogen-bond acceptors (Lipinski definition) is 6. The fraction of sp³-hybridized carbons (Fsp3) is 0.385. The van der Waals surface area contributed by atoms with Gasteiger partial charge < -0.3 is 14.6 Å². The standard InChI is InChI=1S/C13H15NO7/c1-20-11-7-8(10(15)4-3-5-12(16)17)6-9(14(18)19)13(11)21-2/h6-7H,3-5H2,1-2H3,(H,16,17). The second-order valence-electron chi connectivity index (χ2n) is 4.16. The number of carboxylic acid groups (broad SMARTS) is 1. The molecule has 21 heavy (non-hydrogen) atoms. The van der Waals surface area contributed by atoms with E-state index in [2.05, 4.69) is 0 Å². The lowest BCUT2D eigenvalue weighted by molar-refractivity contribution is -0.385. The maximum absolute atomic E-state index is 12.0. The zero-order valence-corrected chi connectivity index (χ0v) is 11.6. The van der Waals surface area contributed by atoms with E-state index in [1.165, 1.54) is 20.3 Å². The quantitative estimate of drug-likeness (QED) is 0.443. The van der Waals surface area contributed by atoms with E-state index in [9.17, 15) is 19.7 Å². The molecule has 0 atom stereocenters. The number of nitrogens with zero attached hydrogens (tertiary/aromatic N) is 1. The van der Waals surface area contributed by atoms with Crippen molar-refractivity contribution in [3.05, 3.63) is 27.8 Å². The van der Waals surface area contributed by atoms with Gasteiger partial charge in [-0.15, -0.1) is 0 Å². The Kier molecular flexibility index (Phi) is 5.65. The lowest BCUT2D eigenvalue weighted by Crippen LogP contribution is -2.05. The lowest BCUT2D eigenvalue weighted by atomic mass is 10.0. The molecule has 0 aliphatic carbocycles. The third-order valence-electron chi connectivity index (χ3n) is 2.77. The summed E-state index contributed by atoms with van der Waals surface area (Å²) in [6.07, 6.45) is 0.0103. The van der Waals surface area contributed by atoms with Gasteiger partial charge in [-0.05, 0) is 12.5 Å². The van der Waals surface area contributed by atoms with Crippen molar-refractivity contribution in [2.75, 3.05) is 14.2 Å². The van der Waals surface area contributed by atoms with Gasteiger partial charge in [-0.1, -0.05) is 0 Å². The van der Waals surface area contributed by atoms with Gasteiger partial charge in [0.25, 0.3) is 0 Å². The van der Waals surface area contributed by atoms with Crippen LogP contribution in [-0.4, -0.2) is 36.0 Å². The summed E-state index contributed by atoms with van der Waals surface area (Å²) in [7, 11) is 2.57. The van der Waals surface area contributed by atoms with Gasteiger partial charge in [0.15, 0.2) is 11.5 Å². The Balaban J connectivity index is 3.07. The predicted molar refractivity (Wildman–Crippen MR) is 72.0 cm³/mol. The Morgan fingerprint density at radius 3 is 2.38 bits per heavy atom. The molecule has 1 N–H and O–H groups in total. The minimum Gasteiger partial charge on any atom is -0.493 e. The van der Waals surface area contributed by atoms with Crippen molar-refractivity contribution in [1.82, 2.24) is 0 Å². The number of carbonyl (C=O) groups is 2. The molecular formula is C13H15NO7. The van der Waals surface area contributed by atoms with Gasteiger partial charge in [0.2, 0.25) is 5.75 Å². The first kappa shape index (κ1) is 16.4. The number of ketones is 1. The number of hydrogen-bond donors (Lipinski definition) is 1. The number of benzene rings is 1. The molecule has 1 aromatic rings. The third kappa shape index (κ3) is 4.16. The van der Waals surface area contributed by atoms with E-state index in [-0.39, 0.29) is 47.8 Å². The van der Waals surface area contributed by atoms with Crippen LogP contribution in [0, 0.1) is 10.1 Å². The third-order valence-corrected chi connectivity index (χ3v) is 2.77. The number of ether oxygens (including phenoxy) is 2. The van der Waals surface area contributed by atoms with Crippen LogP contribution in [0.25, 0.3) is 0 Å². The number of aliphatic carboxylic acids is 1. The summed E-state index contributed by atoms with van der Waals surface area (Å²) in [5, 5.41) is 19.5. The van der Waals surface area contributed by atoms with Crippen molar-refractivity contribution in [2.45, 2.75) is 19.3 Å². The van der Waals surface area contributed by atoms with Crippen LogP contribution in [-0.2, 0) is 4.79 Å². The molecule has 1 rings (SSSR count). The fourth-order valence-electron chi connectivity index (χ4n) is 1.79. The summed E-state index contributed by atoms with van der Waals surface area (Å²) in [5.41, 5.74) is -0.289. The van der Waals surface area contributed by atoms with Crippen LogP contribution in [0.1, 0.15) is 29.6 Å². The van der Waals surface area contributed by atoms with E-state index in [0.29, 0.717) is 0 Å². The highest BCUT2D eigenvalue weighted by Crippen LogP contribution is 2.38. The molecule has 0 saturated carbocycles. The normalized spacial score (nSPS) is 10.0. The Morgan fingerprint density at radius 1 is 1.24 bits per heavy atom. The molecule has 0 aliphatic rings. The van der Waals surface area contributed by atoms with E-state index in [4.69, 9.17) is 14.6 Å². The molecule has 0 saturated heterocycles. The van der Waals surface area contributed by atoms with Crippen molar-refractivity contribution >= 4 is 17.4 Å². The summed E-state index contributed by atoms with van der Waals surface area (Å²) in [6, 6.07) is 2.44. The zero-order valence-electron chi connectivity index (χ0n) is 11.6. The van der Waals surface area contributed by atoms with Gasteiger partial charge in [-0.3, -0.25) is 19.7 Å². The van der Waals surface area contributed by atoms with Crippen molar-refractivity contribution < 1.29 is 29.1 Å². The molecule has 0 spiro atoms. The Labute approximate surface area is 120 Å². The number of carboxylic acids is 1. The van der Waals surface area contributed by atoms with Gasteiger partial charge in [-0.2, -0.15) is 0 Å². The van der Waals surface area contributed by atoms with Gasteiger partial charge in [-0.25, -0.2) is 0 Å². The van der Waals surface area contributed by atoms with E-state index in [0.717, 1.165) is 6.07 Å². The molecule has 0 bridgehead atoms. The van der Waals surface area contributed by atoms with Crippen LogP contribution in [0.3, 0.4) is 0 Å². The monoisotopic (exact) mass is 297 g/mol. The minimum atomic E-state index is -0.999. The summed E-state index contributed by atoms with van der Waals surface area (Å²) in [4.78, 5) is 32.7. The Hall–Kier alpha value is -2.64. The zero-order chi connectivity index (χ0) is 16.0. The van der Waals surface area contributed by atoms with Gasteiger partial charge in [0.05, 0.1) is 19.1 Å². The minimum absolute atomic E-state index is 0.0149. The van der Waals surface area contributed by atoms with Crippen LogP contribution in [0.4, 0.5) is 5.69 Å². The van der Waals surface area contributed by atoms with Crippen LogP contribution in [0.5, 0.6) is 11.5 Å². The molecule has 0 aliphatic heterocycles. The summed E-state index contributed by atoms with van der Waals surface area (Å²) < 4.78 is 9.91. The van der Waals surface area contributed by atoms with Crippen LogP contribution < -0.4 is 9.47 Å². The van der Waals surface area contributed by atoms with Crippen LogP contribution in [0.15, 0.2) is 12.1 Å². The second kappa shape index (κ2) is 7.22. The Morgan fingerprint density at radius 2 is 1.90 bits per heavy atom. The molecule has 0 heterocycles. The lowest BCUT2D eigenvalue weighted by Gasteiger charge is -2.09. The highest BCUT2D eigenvalue weighted by atomic mass is 16.6. The van der Waals surface area contributed by atoms with E-state index >= 15 is 0 Å². The number of carbonyl (C=O) groups excluding carboxylic acids is 1. The molecule has 0 unspecified atom stereocenters. The first-order valence-electron chi connectivity index (χ1n) is 6.06. The molecule has 8 heteroatoms. The predicted octanol–water partition coefficient (Wildman–Crippen LogP) is 2.05. The summed E-state index contributed by atoms with van der Waals surface area (Å²) >= 11 is 0. The average Bonchev–Trinajstić information content (AvgIpc) is 2.44. The van der Waals surface area contributed by atoms with Crippen molar-refractivity contribution in [3.63, 3.8) is 0 Å². The number of nitro benzene ring substituents is 1. The molecule has 0 fully saturated rings. The molecule has 0 radical (unpaired) electrons. The first-order valence-corrected chi connectivity index (χ1v) is 6.06. The van der Waals surface area contributed by atoms with Crippen LogP contribution in [0.2, 0.25) is 0 Å². The largest absolute Gasteiger partial charge is 0.493 e. The molecule has 0 aromatic heterocycles. The Bertz CT molecular complexity index is 568. The molecule has 1 aromatic carbocycles. The van der Waals surface area contributed by atoms with Crippen molar-refractivity contribution in [3.8, 4) is 11.5 Å². The summed E-state index contributed by atoms with van der Waals surface area (Å²) in [5.74, 6) is -1.38. The smallest absolute Gasteiger partial charge is 0.315 e. The van der Waals surface area contributed by atoms with Crippen LogP contribution >= 0.6 is 0 Å². The molecular weight excluding hydrogens is 282 g/mol. The van der Waals surface area contributed by atoms with Crippen molar-refractivity contribution in [1.29, 1.82) is 0 Å². The number of rotatable bonds is 8. The van der Waals surface area contributed by atoms with E-state index < -0.39 is 10.9 Å². The number of methoxy groups -OCH3 is 2. The topological polar surface area (TPSA) is 116 Å². The SMILES string of the molecule is COc1cc(C(=O)CCCC(=O)O)cc([N+](=O)[O-])c1OC. The van der Waals surface area contributed by atoms with E-state index in [1.54, 1.807) is 0 Å². The van der Waals surface area contributed by atoms with Gasteiger partial charge in [0, 0.05) is 24.5 Å². The average molecular weight is 297 g/mol. The van der Waals surface area contributed by atoms with Gasteiger partial charge >= 0.3 is 11.7 Å². The highest BCUT2D eigenvalue weighted by Gasteiger charge is 2.23. The second-order valence-corrected chi connectivity index (χ2v) is 4.16. The number of Topliss-reactive ketones (excluding diaryl/α,β-unsaturated/α-hetero) is 1. The first-order chi connectivity index (χ1) is 9.90. The van der Waals surface area contributed by atoms with E-state index in [1.807, 2.05) is 0 Å². The fourth-order valence-corrected chi connectivity index (χ4v) is 1.79. The molecule has 0 amide bonds.